The van der Waals surface area contributed by atoms with E-state index in [1.54, 1.807) is 16.7 Å². The molecule has 0 spiro atoms. The van der Waals surface area contributed by atoms with Gasteiger partial charge >= 0.3 is 0 Å². The Bertz CT molecular complexity index is 1640. The molecule has 2 aromatic carbocycles. The van der Waals surface area contributed by atoms with E-state index in [-0.39, 0.29) is 17.0 Å². The third-order valence-electron chi connectivity index (χ3n) is 5.37. The zero-order chi connectivity index (χ0) is 23.8. The second-order valence-corrected chi connectivity index (χ2v) is 10.5. The number of nitrogens with one attached hydrogen (secondary N) is 1. The van der Waals surface area contributed by atoms with Crippen LogP contribution >= 0.6 is 34.7 Å². The Morgan fingerprint density at radius 3 is 2.62 bits per heavy atom. The summed E-state index contributed by atoms with van der Waals surface area (Å²) in [4.78, 5) is 39.1. The lowest BCUT2D eigenvalue weighted by Gasteiger charge is -2.14. The largest absolute Gasteiger partial charge is 0.309 e. The zero-order valence-corrected chi connectivity index (χ0v) is 20.9. The summed E-state index contributed by atoms with van der Waals surface area (Å²) in [6.45, 7) is 4.70. The third kappa shape index (κ3) is 4.29. The summed E-state index contributed by atoms with van der Waals surface area (Å²) < 4.78 is 1.72. The molecule has 3 aromatic heterocycles. The van der Waals surface area contributed by atoms with E-state index in [9.17, 15) is 9.59 Å². The SMILES string of the molecule is CC(C)Cn1c(SCc2nc3scc(-c4ccccc4Cl)c3c(=O)[nH]2)nc2ccccc2c1=O. The standard InChI is InChI=1S/C25H21ClN4O2S2/c1-14(2)11-30-24(32)16-8-4-6-10-19(16)27-25(30)34-13-20-28-22(31)21-17(12-33-23(21)29-20)15-7-3-5-9-18(15)26/h3-10,12,14H,11,13H2,1-2H3,(H,28,29,31). The fraction of sp³-hybridized carbons (Fsp3) is 0.200. The minimum Gasteiger partial charge on any atom is -0.309 e. The molecule has 0 atom stereocenters. The van der Waals surface area contributed by atoms with Crippen molar-refractivity contribution in [2.45, 2.75) is 31.3 Å². The Morgan fingerprint density at radius 1 is 1.06 bits per heavy atom. The molecule has 0 aliphatic rings. The zero-order valence-electron chi connectivity index (χ0n) is 18.5. The summed E-state index contributed by atoms with van der Waals surface area (Å²) in [6.07, 6.45) is 0. The molecule has 0 radical (unpaired) electrons. The molecule has 0 aliphatic carbocycles. The van der Waals surface area contributed by atoms with Gasteiger partial charge < -0.3 is 4.98 Å². The lowest BCUT2D eigenvalue weighted by Crippen LogP contribution is -2.25. The first-order valence-electron chi connectivity index (χ1n) is 10.8. The molecule has 172 valence electrons. The molecular formula is C25H21ClN4O2S2. The number of aromatic nitrogens is 4. The van der Waals surface area contributed by atoms with E-state index in [0.29, 0.717) is 49.4 Å². The Labute approximate surface area is 208 Å². The predicted octanol–water partition coefficient (Wildman–Crippen LogP) is 5.96. The first kappa shape index (κ1) is 22.8. The van der Waals surface area contributed by atoms with Crippen molar-refractivity contribution in [2.75, 3.05) is 0 Å². The van der Waals surface area contributed by atoms with Crippen molar-refractivity contribution in [2.24, 2.45) is 5.92 Å². The van der Waals surface area contributed by atoms with E-state index < -0.39 is 0 Å². The van der Waals surface area contributed by atoms with E-state index in [2.05, 4.69) is 23.8 Å². The fourth-order valence-corrected chi connectivity index (χ4v) is 5.93. The molecule has 5 rings (SSSR count). The van der Waals surface area contributed by atoms with Gasteiger partial charge in [-0.3, -0.25) is 14.2 Å². The maximum absolute atomic E-state index is 13.1. The van der Waals surface area contributed by atoms with Crippen LogP contribution in [0.2, 0.25) is 5.02 Å². The van der Waals surface area contributed by atoms with E-state index >= 15 is 0 Å². The van der Waals surface area contributed by atoms with Crippen molar-refractivity contribution in [1.82, 2.24) is 19.5 Å². The average Bonchev–Trinajstić information content (AvgIpc) is 3.24. The normalized spacial score (nSPS) is 11.6. The van der Waals surface area contributed by atoms with Gasteiger partial charge in [0, 0.05) is 28.1 Å². The number of hydrogen-bond acceptors (Lipinski definition) is 6. The van der Waals surface area contributed by atoms with Crippen LogP contribution in [-0.2, 0) is 12.3 Å². The Hall–Kier alpha value is -2.94. The monoisotopic (exact) mass is 508 g/mol. The number of H-pyrrole nitrogens is 1. The first-order valence-corrected chi connectivity index (χ1v) is 13.0. The molecule has 0 amide bonds. The molecule has 0 aliphatic heterocycles. The minimum atomic E-state index is -0.206. The van der Waals surface area contributed by atoms with Crippen LogP contribution in [0, 0.1) is 5.92 Å². The van der Waals surface area contributed by atoms with Gasteiger partial charge in [-0.15, -0.1) is 11.3 Å². The second kappa shape index (κ2) is 9.37. The van der Waals surface area contributed by atoms with E-state index in [1.165, 1.54) is 23.1 Å². The van der Waals surface area contributed by atoms with Crippen molar-refractivity contribution in [3.05, 3.63) is 85.5 Å². The van der Waals surface area contributed by atoms with Gasteiger partial charge in [-0.05, 0) is 24.1 Å². The van der Waals surface area contributed by atoms with Gasteiger partial charge in [0.25, 0.3) is 11.1 Å². The summed E-state index contributed by atoms with van der Waals surface area (Å²) in [5, 5.41) is 4.25. The van der Waals surface area contributed by atoms with Gasteiger partial charge in [-0.2, -0.15) is 0 Å². The smallest absolute Gasteiger partial charge is 0.262 e. The third-order valence-corrected chi connectivity index (χ3v) is 7.56. The number of para-hydroxylation sites is 1. The molecule has 0 saturated heterocycles. The minimum absolute atomic E-state index is 0.0543. The maximum Gasteiger partial charge on any atom is 0.262 e. The number of thioether (sulfide) groups is 1. The molecule has 0 saturated carbocycles. The first-order chi connectivity index (χ1) is 16.4. The van der Waals surface area contributed by atoms with Crippen LogP contribution < -0.4 is 11.1 Å². The highest BCUT2D eigenvalue weighted by Crippen LogP contribution is 2.35. The molecule has 3 heterocycles. The molecule has 0 unspecified atom stereocenters. The average molecular weight is 509 g/mol. The lowest BCUT2D eigenvalue weighted by molar-refractivity contribution is 0.475. The van der Waals surface area contributed by atoms with Gasteiger partial charge in [0.15, 0.2) is 5.16 Å². The summed E-state index contributed by atoms with van der Waals surface area (Å²) in [6, 6.07) is 14.8. The van der Waals surface area contributed by atoms with Gasteiger partial charge in [-0.25, -0.2) is 9.97 Å². The summed E-state index contributed by atoms with van der Waals surface area (Å²) in [7, 11) is 0. The van der Waals surface area contributed by atoms with Crippen molar-refractivity contribution in [1.29, 1.82) is 0 Å². The highest BCUT2D eigenvalue weighted by molar-refractivity contribution is 7.98. The Morgan fingerprint density at radius 2 is 1.82 bits per heavy atom. The number of thiophene rings is 1. The van der Waals surface area contributed by atoms with Crippen LogP contribution in [0.3, 0.4) is 0 Å². The second-order valence-electron chi connectivity index (χ2n) is 8.33. The van der Waals surface area contributed by atoms with Crippen molar-refractivity contribution < 1.29 is 0 Å². The fourth-order valence-electron chi connectivity index (χ4n) is 3.86. The number of aromatic amines is 1. The molecule has 0 fully saturated rings. The Balaban J connectivity index is 1.51. The molecule has 9 heteroatoms. The quantitative estimate of drug-likeness (QED) is 0.226. The van der Waals surface area contributed by atoms with Crippen LogP contribution in [0.1, 0.15) is 19.7 Å². The molecule has 0 bridgehead atoms. The van der Waals surface area contributed by atoms with Gasteiger partial charge in [-0.1, -0.05) is 67.5 Å². The lowest BCUT2D eigenvalue weighted by atomic mass is 10.1. The number of nitrogens with zero attached hydrogens (tertiary/aromatic N) is 3. The number of halogens is 1. The van der Waals surface area contributed by atoms with Crippen LogP contribution in [0.15, 0.2) is 68.7 Å². The van der Waals surface area contributed by atoms with Crippen LogP contribution in [0.25, 0.3) is 32.2 Å². The van der Waals surface area contributed by atoms with Gasteiger partial charge in [0.1, 0.15) is 10.7 Å². The molecule has 6 nitrogen and oxygen atoms in total. The van der Waals surface area contributed by atoms with Crippen LogP contribution in [0.4, 0.5) is 0 Å². The van der Waals surface area contributed by atoms with E-state index in [1.807, 2.05) is 41.8 Å². The number of rotatable bonds is 6. The van der Waals surface area contributed by atoms with Crippen molar-refractivity contribution in [3.63, 3.8) is 0 Å². The van der Waals surface area contributed by atoms with E-state index in [4.69, 9.17) is 16.6 Å². The molecule has 1 N–H and O–H groups in total. The molecule has 5 aromatic rings. The van der Waals surface area contributed by atoms with Crippen LogP contribution in [0.5, 0.6) is 0 Å². The topological polar surface area (TPSA) is 80.6 Å². The number of hydrogen-bond donors (Lipinski definition) is 1. The van der Waals surface area contributed by atoms with E-state index in [0.717, 1.165) is 11.1 Å². The van der Waals surface area contributed by atoms with Crippen molar-refractivity contribution >= 4 is 55.8 Å². The predicted molar refractivity (Wildman–Crippen MR) is 141 cm³/mol. The van der Waals surface area contributed by atoms with Gasteiger partial charge in [0.05, 0.1) is 22.0 Å². The number of fused-ring (bicyclic) bond motifs is 2. The highest BCUT2D eigenvalue weighted by atomic mass is 35.5. The van der Waals surface area contributed by atoms with Crippen LogP contribution in [-0.4, -0.2) is 19.5 Å². The van der Waals surface area contributed by atoms with Crippen molar-refractivity contribution in [3.8, 4) is 11.1 Å². The summed E-state index contributed by atoms with van der Waals surface area (Å²) in [5.41, 5.74) is 1.99. The molecule has 34 heavy (non-hydrogen) atoms. The molecular weight excluding hydrogens is 488 g/mol. The van der Waals surface area contributed by atoms with Gasteiger partial charge in [0.2, 0.25) is 0 Å². The Kier molecular flexibility index (Phi) is 6.29. The highest BCUT2D eigenvalue weighted by Gasteiger charge is 2.17. The summed E-state index contributed by atoms with van der Waals surface area (Å²) in [5.74, 6) is 1.20. The maximum atomic E-state index is 13.1. The summed E-state index contributed by atoms with van der Waals surface area (Å²) >= 11 is 9.17. The number of benzene rings is 2.